The average molecular weight is 437 g/mol. The summed E-state index contributed by atoms with van der Waals surface area (Å²) in [5.41, 5.74) is 3.76. The maximum atomic E-state index is 13.1. The molecule has 0 unspecified atom stereocenters. The smallest absolute Gasteiger partial charge is 0.252 e. The van der Waals surface area contributed by atoms with Crippen LogP contribution in [0.1, 0.15) is 27.0 Å². The van der Waals surface area contributed by atoms with E-state index in [1.54, 1.807) is 24.3 Å². The molecular formula is C24H24N2O4S. The molecule has 3 aromatic carbocycles. The van der Waals surface area contributed by atoms with Gasteiger partial charge in [0.1, 0.15) is 0 Å². The Morgan fingerprint density at radius 3 is 2.48 bits per heavy atom. The predicted molar refractivity (Wildman–Crippen MR) is 119 cm³/mol. The number of carbonyl (C=O) groups excluding carboxylic acids is 1. The van der Waals surface area contributed by atoms with Gasteiger partial charge in [0.05, 0.1) is 18.1 Å². The molecule has 1 amide bonds. The second kappa shape index (κ2) is 8.07. The highest BCUT2D eigenvalue weighted by molar-refractivity contribution is 7.89. The van der Waals surface area contributed by atoms with E-state index in [1.807, 2.05) is 24.3 Å². The van der Waals surface area contributed by atoms with Crippen molar-refractivity contribution in [2.75, 3.05) is 26.3 Å². The standard InChI is InChI=1S/C24H24N2O4S/c27-24(21-11-10-18-9-8-17-5-3-6-20(21)23(17)18)25-16-19-4-1-2-7-22(19)31(28,29)26-12-14-30-15-13-26/h1-7,10-11H,8-9,12-16H2,(H,25,27). The Hall–Kier alpha value is -2.74. The second-order valence-corrected chi connectivity index (χ2v) is 9.83. The number of benzene rings is 3. The zero-order chi connectivity index (χ0) is 21.4. The van der Waals surface area contributed by atoms with E-state index in [9.17, 15) is 13.2 Å². The van der Waals surface area contributed by atoms with Gasteiger partial charge in [0.15, 0.2) is 0 Å². The third kappa shape index (κ3) is 3.63. The number of morpholine rings is 1. The molecule has 1 heterocycles. The third-order valence-corrected chi connectivity index (χ3v) is 8.12. The molecular weight excluding hydrogens is 412 g/mol. The maximum Gasteiger partial charge on any atom is 0.252 e. The number of sulfonamides is 1. The number of ether oxygens (including phenoxy) is 1. The SMILES string of the molecule is O=C(NCc1ccccc1S(=O)(=O)N1CCOCC1)c1ccc2c3c(cccc13)CC2. The molecule has 3 aromatic rings. The summed E-state index contributed by atoms with van der Waals surface area (Å²) in [6.45, 7) is 1.60. The molecule has 2 aliphatic rings. The molecule has 1 aliphatic heterocycles. The molecule has 0 radical (unpaired) electrons. The second-order valence-electron chi connectivity index (χ2n) is 7.92. The van der Waals surface area contributed by atoms with Crippen molar-refractivity contribution in [2.45, 2.75) is 24.3 Å². The van der Waals surface area contributed by atoms with Gasteiger partial charge in [-0.1, -0.05) is 42.5 Å². The van der Waals surface area contributed by atoms with Crippen LogP contribution in [0, 0.1) is 0 Å². The number of nitrogens with zero attached hydrogens (tertiary/aromatic N) is 1. The molecule has 31 heavy (non-hydrogen) atoms. The molecule has 1 saturated heterocycles. The van der Waals surface area contributed by atoms with E-state index in [2.05, 4.69) is 11.4 Å². The number of aryl methyl sites for hydroxylation is 2. The molecule has 0 aromatic heterocycles. The lowest BCUT2D eigenvalue weighted by Gasteiger charge is -2.27. The van der Waals surface area contributed by atoms with Gasteiger partial charge in [-0.2, -0.15) is 4.31 Å². The van der Waals surface area contributed by atoms with Gasteiger partial charge in [0.25, 0.3) is 5.91 Å². The van der Waals surface area contributed by atoms with Crippen molar-refractivity contribution >= 4 is 26.7 Å². The lowest BCUT2D eigenvalue weighted by Crippen LogP contribution is -2.41. The van der Waals surface area contributed by atoms with E-state index < -0.39 is 10.0 Å². The normalized spacial score (nSPS) is 16.5. The minimum absolute atomic E-state index is 0.140. The van der Waals surface area contributed by atoms with Crippen molar-refractivity contribution in [3.8, 4) is 0 Å². The number of amides is 1. The Morgan fingerprint density at radius 1 is 0.935 bits per heavy atom. The van der Waals surface area contributed by atoms with E-state index in [1.165, 1.54) is 20.8 Å². The predicted octanol–water partition coefficient (Wildman–Crippen LogP) is 2.89. The van der Waals surface area contributed by atoms with Crippen LogP contribution in [0.2, 0.25) is 0 Å². The highest BCUT2D eigenvalue weighted by atomic mass is 32.2. The van der Waals surface area contributed by atoms with Gasteiger partial charge >= 0.3 is 0 Å². The molecule has 0 spiro atoms. The number of carbonyl (C=O) groups is 1. The van der Waals surface area contributed by atoms with Crippen LogP contribution in [-0.2, 0) is 34.1 Å². The fraction of sp³-hybridized carbons (Fsp3) is 0.292. The summed E-state index contributed by atoms with van der Waals surface area (Å²) in [7, 11) is -3.64. The fourth-order valence-electron chi connectivity index (χ4n) is 4.54. The van der Waals surface area contributed by atoms with Crippen LogP contribution in [0.5, 0.6) is 0 Å². The summed E-state index contributed by atoms with van der Waals surface area (Å²) in [5.74, 6) is -0.200. The Kier molecular flexibility index (Phi) is 5.25. The largest absolute Gasteiger partial charge is 0.379 e. The van der Waals surface area contributed by atoms with Gasteiger partial charge < -0.3 is 10.1 Å². The van der Waals surface area contributed by atoms with Crippen molar-refractivity contribution in [2.24, 2.45) is 0 Å². The van der Waals surface area contributed by atoms with Gasteiger partial charge in [0.2, 0.25) is 10.0 Å². The zero-order valence-corrected chi connectivity index (χ0v) is 18.0. The average Bonchev–Trinajstić information content (AvgIpc) is 3.23. The van der Waals surface area contributed by atoms with E-state index in [-0.39, 0.29) is 17.3 Å². The van der Waals surface area contributed by atoms with Gasteiger partial charge in [-0.25, -0.2) is 8.42 Å². The van der Waals surface area contributed by atoms with Gasteiger partial charge in [-0.3, -0.25) is 4.79 Å². The first-order valence-corrected chi connectivity index (χ1v) is 12.0. The Balaban J connectivity index is 1.41. The zero-order valence-electron chi connectivity index (χ0n) is 17.1. The minimum atomic E-state index is -3.64. The third-order valence-electron chi connectivity index (χ3n) is 6.12. The van der Waals surface area contributed by atoms with E-state index in [0.29, 0.717) is 37.4 Å². The lowest BCUT2D eigenvalue weighted by molar-refractivity contribution is 0.0730. The van der Waals surface area contributed by atoms with E-state index >= 15 is 0 Å². The number of hydrogen-bond acceptors (Lipinski definition) is 4. The van der Waals surface area contributed by atoms with E-state index in [4.69, 9.17) is 4.74 Å². The molecule has 5 rings (SSSR count). The van der Waals surface area contributed by atoms with Gasteiger partial charge in [0, 0.05) is 25.2 Å². The molecule has 1 N–H and O–H groups in total. The molecule has 0 bridgehead atoms. The van der Waals surface area contributed by atoms with Crippen LogP contribution < -0.4 is 5.32 Å². The number of nitrogens with one attached hydrogen (secondary N) is 1. The molecule has 6 nitrogen and oxygen atoms in total. The Labute approximate surface area is 181 Å². The topological polar surface area (TPSA) is 75.7 Å². The first-order chi connectivity index (χ1) is 15.1. The van der Waals surface area contributed by atoms with Crippen LogP contribution >= 0.6 is 0 Å². The quantitative estimate of drug-likeness (QED) is 0.667. The van der Waals surface area contributed by atoms with Crippen molar-refractivity contribution in [1.29, 1.82) is 0 Å². The maximum absolute atomic E-state index is 13.1. The summed E-state index contributed by atoms with van der Waals surface area (Å²) in [4.78, 5) is 13.3. The van der Waals surface area contributed by atoms with Crippen LogP contribution in [0.15, 0.2) is 59.5 Å². The summed E-state index contributed by atoms with van der Waals surface area (Å²) in [6, 6.07) is 16.9. The molecule has 0 atom stereocenters. The van der Waals surface area contributed by atoms with Crippen LogP contribution in [-0.4, -0.2) is 44.9 Å². The highest BCUT2D eigenvalue weighted by Crippen LogP contribution is 2.32. The fourth-order valence-corrected chi connectivity index (χ4v) is 6.17. The molecule has 1 fully saturated rings. The summed E-state index contributed by atoms with van der Waals surface area (Å²) < 4.78 is 33.0. The first kappa shape index (κ1) is 20.2. The monoisotopic (exact) mass is 436 g/mol. The number of hydrogen-bond donors (Lipinski definition) is 1. The molecule has 0 saturated carbocycles. The number of rotatable bonds is 5. The minimum Gasteiger partial charge on any atom is -0.379 e. The van der Waals surface area contributed by atoms with E-state index in [0.717, 1.165) is 18.2 Å². The van der Waals surface area contributed by atoms with Crippen molar-refractivity contribution in [3.63, 3.8) is 0 Å². The molecule has 160 valence electrons. The Bertz CT molecular complexity index is 1250. The van der Waals surface area contributed by atoms with Crippen LogP contribution in [0.25, 0.3) is 10.8 Å². The van der Waals surface area contributed by atoms with Crippen molar-refractivity contribution < 1.29 is 17.9 Å². The summed E-state index contributed by atoms with van der Waals surface area (Å²) in [6.07, 6.45) is 2.01. The summed E-state index contributed by atoms with van der Waals surface area (Å²) >= 11 is 0. The summed E-state index contributed by atoms with van der Waals surface area (Å²) in [5, 5.41) is 5.08. The molecule has 1 aliphatic carbocycles. The Morgan fingerprint density at radius 2 is 1.68 bits per heavy atom. The van der Waals surface area contributed by atoms with Crippen molar-refractivity contribution in [3.05, 3.63) is 76.9 Å². The van der Waals surface area contributed by atoms with Gasteiger partial charge in [-0.15, -0.1) is 0 Å². The van der Waals surface area contributed by atoms with Crippen LogP contribution in [0.4, 0.5) is 0 Å². The van der Waals surface area contributed by atoms with Crippen molar-refractivity contribution in [1.82, 2.24) is 9.62 Å². The lowest BCUT2D eigenvalue weighted by atomic mass is 9.99. The first-order valence-electron chi connectivity index (χ1n) is 10.5. The molecule has 7 heteroatoms. The van der Waals surface area contributed by atoms with Gasteiger partial charge in [-0.05, 0) is 52.4 Å². The van der Waals surface area contributed by atoms with Crippen LogP contribution in [0.3, 0.4) is 0 Å². The highest BCUT2D eigenvalue weighted by Gasteiger charge is 2.28.